The number of rotatable bonds is 2. The molecule has 2 rings (SSSR count). The highest BCUT2D eigenvalue weighted by Crippen LogP contribution is 2.32. The van der Waals surface area contributed by atoms with Gasteiger partial charge in [0.05, 0.1) is 16.6 Å². The standard InChI is InChI=1S/C12H15BrN2OS/c1-7-5-8(13)11(9(14)6-7)15-12(16)10-3-2-4-17-10/h5-6,10H,2-4,14H2,1H3,(H,15,16). The highest BCUT2D eigenvalue weighted by molar-refractivity contribution is 9.10. The summed E-state index contributed by atoms with van der Waals surface area (Å²) in [5.74, 6) is 1.13. The normalized spacial score (nSPS) is 19.3. The van der Waals surface area contributed by atoms with Crippen LogP contribution in [-0.2, 0) is 4.79 Å². The number of benzene rings is 1. The molecule has 0 aliphatic carbocycles. The molecule has 3 nitrogen and oxygen atoms in total. The number of aryl methyl sites for hydroxylation is 1. The van der Waals surface area contributed by atoms with Crippen molar-refractivity contribution in [2.45, 2.75) is 25.0 Å². The third kappa shape index (κ3) is 2.96. The highest BCUT2D eigenvalue weighted by atomic mass is 79.9. The number of anilines is 2. The number of nitrogen functional groups attached to an aromatic ring is 1. The molecule has 1 aromatic rings. The van der Waals surface area contributed by atoms with Gasteiger partial charge in [-0.2, -0.15) is 0 Å². The minimum atomic E-state index is 0.0590. The molecule has 1 heterocycles. The molecule has 1 unspecified atom stereocenters. The number of nitrogens with one attached hydrogen (secondary N) is 1. The Balaban J connectivity index is 2.15. The van der Waals surface area contributed by atoms with Crippen LogP contribution in [0, 0.1) is 6.92 Å². The van der Waals surface area contributed by atoms with Crippen LogP contribution in [0.15, 0.2) is 16.6 Å². The quantitative estimate of drug-likeness (QED) is 0.824. The zero-order chi connectivity index (χ0) is 12.4. The van der Waals surface area contributed by atoms with Gasteiger partial charge in [0.1, 0.15) is 0 Å². The first-order chi connectivity index (χ1) is 8.08. The van der Waals surface area contributed by atoms with E-state index in [9.17, 15) is 4.79 Å². The molecule has 0 saturated carbocycles. The first kappa shape index (κ1) is 12.8. The van der Waals surface area contributed by atoms with E-state index in [1.54, 1.807) is 11.8 Å². The summed E-state index contributed by atoms with van der Waals surface area (Å²) in [6, 6.07) is 3.82. The van der Waals surface area contributed by atoms with Crippen molar-refractivity contribution in [3.05, 3.63) is 22.2 Å². The molecule has 0 aromatic heterocycles. The minimum absolute atomic E-state index is 0.0590. The van der Waals surface area contributed by atoms with Crippen LogP contribution in [-0.4, -0.2) is 16.9 Å². The topological polar surface area (TPSA) is 55.1 Å². The second-order valence-corrected chi connectivity index (χ2v) is 6.37. The maximum atomic E-state index is 12.0. The van der Waals surface area contributed by atoms with Crippen molar-refractivity contribution in [2.24, 2.45) is 0 Å². The van der Waals surface area contributed by atoms with Gasteiger partial charge in [-0.25, -0.2) is 0 Å². The number of halogens is 1. The molecular weight excluding hydrogens is 300 g/mol. The molecule has 17 heavy (non-hydrogen) atoms. The largest absolute Gasteiger partial charge is 0.397 e. The van der Waals surface area contributed by atoms with Gasteiger partial charge < -0.3 is 11.1 Å². The van der Waals surface area contributed by atoms with E-state index < -0.39 is 0 Å². The smallest absolute Gasteiger partial charge is 0.237 e. The molecule has 5 heteroatoms. The van der Waals surface area contributed by atoms with Gasteiger partial charge in [-0.15, -0.1) is 11.8 Å². The summed E-state index contributed by atoms with van der Waals surface area (Å²) < 4.78 is 0.839. The van der Waals surface area contributed by atoms with Crippen molar-refractivity contribution in [2.75, 3.05) is 16.8 Å². The molecule has 0 bridgehead atoms. The average Bonchev–Trinajstić information content (AvgIpc) is 2.76. The summed E-state index contributed by atoms with van der Waals surface area (Å²) in [6.07, 6.45) is 2.08. The summed E-state index contributed by atoms with van der Waals surface area (Å²) in [5, 5.41) is 2.99. The lowest BCUT2D eigenvalue weighted by atomic mass is 10.2. The van der Waals surface area contributed by atoms with E-state index in [1.807, 2.05) is 19.1 Å². The van der Waals surface area contributed by atoms with Gasteiger partial charge in [0, 0.05) is 4.47 Å². The number of amides is 1. The van der Waals surface area contributed by atoms with Gasteiger partial charge in [0.2, 0.25) is 5.91 Å². The summed E-state index contributed by atoms with van der Waals surface area (Å²) in [5.41, 5.74) is 8.28. The summed E-state index contributed by atoms with van der Waals surface area (Å²) in [7, 11) is 0. The molecule has 1 aromatic carbocycles. The summed E-state index contributed by atoms with van der Waals surface area (Å²) in [4.78, 5) is 12.0. The van der Waals surface area contributed by atoms with E-state index in [2.05, 4.69) is 21.2 Å². The molecule has 0 spiro atoms. The predicted octanol–water partition coefficient (Wildman–Crippen LogP) is 3.17. The maximum absolute atomic E-state index is 12.0. The molecular formula is C12H15BrN2OS. The van der Waals surface area contributed by atoms with Crippen LogP contribution >= 0.6 is 27.7 Å². The Morgan fingerprint density at radius 2 is 2.35 bits per heavy atom. The molecule has 1 aliphatic heterocycles. The van der Waals surface area contributed by atoms with Crippen molar-refractivity contribution >= 4 is 45.0 Å². The van der Waals surface area contributed by atoms with Gasteiger partial charge >= 0.3 is 0 Å². The lowest BCUT2D eigenvalue weighted by molar-refractivity contribution is -0.115. The van der Waals surface area contributed by atoms with E-state index in [0.717, 1.165) is 28.6 Å². The molecule has 1 atom stereocenters. The van der Waals surface area contributed by atoms with Gasteiger partial charge in [-0.3, -0.25) is 4.79 Å². The Bertz CT molecular complexity index is 421. The van der Waals surface area contributed by atoms with Gasteiger partial charge in [-0.05, 0) is 59.1 Å². The Kier molecular flexibility index (Phi) is 3.99. The van der Waals surface area contributed by atoms with Crippen molar-refractivity contribution in [3.8, 4) is 0 Å². The molecule has 1 aliphatic rings. The van der Waals surface area contributed by atoms with E-state index in [-0.39, 0.29) is 11.2 Å². The van der Waals surface area contributed by atoms with Crippen molar-refractivity contribution in [1.82, 2.24) is 0 Å². The van der Waals surface area contributed by atoms with Crippen LogP contribution in [0.4, 0.5) is 11.4 Å². The maximum Gasteiger partial charge on any atom is 0.237 e. The molecule has 92 valence electrons. The summed E-state index contributed by atoms with van der Waals surface area (Å²) in [6.45, 7) is 1.97. The Hall–Kier alpha value is -0.680. The van der Waals surface area contributed by atoms with Crippen molar-refractivity contribution < 1.29 is 4.79 Å². The Morgan fingerprint density at radius 3 is 2.94 bits per heavy atom. The summed E-state index contributed by atoms with van der Waals surface area (Å²) >= 11 is 5.15. The predicted molar refractivity (Wildman–Crippen MR) is 77.4 cm³/mol. The Morgan fingerprint density at radius 1 is 1.59 bits per heavy atom. The van der Waals surface area contributed by atoms with Crippen molar-refractivity contribution in [3.63, 3.8) is 0 Å². The SMILES string of the molecule is Cc1cc(N)c(NC(=O)C2CCCS2)c(Br)c1. The van der Waals surface area contributed by atoms with Gasteiger partial charge in [0.15, 0.2) is 0 Å². The van der Waals surface area contributed by atoms with Crippen LogP contribution in [0.25, 0.3) is 0 Å². The minimum Gasteiger partial charge on any atom is -0.397 e. The third-order valence-electron chi connectivity index (χ3n) is 2.74. The van der Waals surface area contributed by atoms with Gasteiger partial charge in [-0.1, -0.05) is 0 Å². The van der Waals surface area contributed by atoms with E-state index in [0.29, 0.717) is 11.4 Å². The zero-order valence-corrected chi connectivity index (χ0v) is 12.0. The van der Waals surface area contributed by atoms with Crippen LogP contribution < -0.4 is 11.1 Å². The fourth-order valence-electron chi connectivity index (χ4n) is 1.89. The second-order valence-electron chi connectivity index (χ2n) is 4.20. The van der Waals surface area contributed by atoms with Crippen LogP contribution in [0.5, 0.6) is 0 Å². The number of nitrogens with two attached hydrogens (primary N) is 1. The number of carbonyl (C=O) groups excluding carboxylic acids is 1. The van der Waals surface area contributed by atoms with Crippen LogP contribution in [0.1, 0.15) is 18.4 Å². The fourth-order valence-corrected chi connectivity index (χ4v) is 3.74. The highest BCUT2D eigenvalue weighted by Gasteiger charge is 2.24. The number of hydrogen-bond acceptors (Lipinski definition) is 3. The molecule has 0 radical (unpaired) electrons. The van der Waals surface area contributed by atoms with Gasteiger partial charge in [0.25, 0.3) is 0 Å². The molecule has 1 fully saturated rings. The van der Waals surface area contributed by atoms with E-state index in [4.69, 9.17) is 5.73 Å². The fraction of sp³-hybridized carbons (Fsp3) is 0.417. The second kappa shape index (κ2) is 5.31. The zero-order valence-electron chi connectivity index (χ0n) is 9.63. The molecule has 1 amide bonds. The van der Waals surface area contributed by atoms with Crippen molar-refractivity contribution in [1.29, 1.82) is 0 Å². The molecule has 3 N–H and O–H groups in total. The number of hydrogen-bond donors (Lipinski definition) is 2. The van der Waals surface area contributed by atoms with E-state index in [1.165, 1.54) is 0 Å². The number of thioether (sulfide) groups is 1. The lowest BCUT2D eigenvalue weighted by Crippen LogP contribution is -2.23. The number of carbonyl (C=O) groups is 1. The lowest BCUT2D eigenvalue weighted by Gasteiger charge is -2.14. The first-order valence-electron chi connectivity index (χ1n) is 5.56. The first-order valence-corrected chi connectivity index (χ1v) is 7.40. The van der Waals surface area contributed by atoms with E-state index >= 15 is 0 Å². The van der Waals surface area contributed by atoms with Crippen LogP contribution in [0.3, 0.4) is 0 Å². The Labute approximate surface area is 114 Å². The molecule has 1 saturated heterocycles. The van der Waals surface area contributed by atoms with Crippen LogP contribution in [0.2, 0.25) is 0 Å². The average molecular weight is 315 g/mol. The third-order valence-corrected chi connectivity index (χ3v) is 4.74. The monoisotopic (exact) mass is 314 g/mol.